The predicted octanol–water partition coefficient (Wildman–Crippen LogP) is 1.25. The Labute approximate surface area is 116 Å². The number of nitrogens with zero attached hydrogens (tertiary/aromatic N) is 2. The molecule has 0 unspecified atom stereocenters. The summed E-state index contributed by atoms with van der Waals surface area (Å²) in [4.78, 5) is 19.2. The van der Waals surface area contributed by atoms with Crippen molar-refractivity contribution >= 4 is 41.6 Å². The van der Waals surface area contributed by atoms with Crippen LogP contribution in [0.4, 0.5) is 5.82 Å². The number of hydrogen-bond acceptors (Lipinski definition) is 4. The fourth-order valence-corrected chi connectivity index (χ4v) is 1.65. The summed E-state index contributed by atoms with van der Waals surface area (Å²) in [6.45, 7) is 0. The number of rotatable bonds is 3. The normalized spacial score (nSPS) is 14.0. The number of carbonyl (C=O) groups is 1. The summed E-state index contributed by atoms with van der Waals surface area (Å²) in [5.74, 6) is -0.171. The molecule has 2 aromatic heterocycles. The Kier molecular flexibility index (Phi) is 3.55. The Morgan fingerprint density at radius 3 is 2.72 bits per heavy atom. The van der Waals surface area contributed by atoms with Crippen LogP contribution in [0.5, 0.6) is 0 Å². The molecule has 1 aliphatic rings. The first-order chi connectivity index (χ1) is 8.22. The van der Waals surface area contributed by atoms with E-state index in [2.05, 4.69) is 15.3 Å². The molecule has 5 nitrogen and oxygen atoms in total. The third-order valence-corrected chi connectivity index (χ3v) is 2.74. The summed E-state index contributed by atoms with van der Waals surface area (Å²) >= 11 is 0. The number of carboxylic acid groups (broad SMARTS) is 1. The van der Waals surface area contributed by atoms with Crippen molar-refractivity contribution in [3.8, 4) is 0 Å². The van der Waals surface area contributed by atoms with Crippen molar-refractivity contribution in [3.63, 3.8) is 0 Å². The number of fused-ring (bicyclic) bond motifs is 1. The van der Waals surface area contributed by atoms with Gasteiger partial charge in [0, 0.05) is 29.9 Å². The fraction of sp³-hybridized carbons (Fsp3) is 0.250. The number of aromatic carboxylic acids is 1. The molecule has 0 radical (unpaired) electrons. The average molecular weight is 237 g/mol. The van der Waals surface area contributed by atoms with Gasteiger partial charge in [0.25, 0.3) is 0 Å². The fourth-order valence-electron chi connectivity index (χ4n) is 1.65. The van der Waals surface area contributed by atoms with Crippen molar-refractivity contribution in [2.45, 2.75) is 18.9 Å². The Morgan fingerprint density at radius 2 is 2.06 bits per heavy atom. The Balaban J connectivity index is 0.00000120. The molecular formula is C12H12LiN3O2. The molecule has 1 aliphatic carbocycles. The molecule has 18 heavy (non-hydrogen) atoms. The predicted molar refractivity (Wildman–Crippen MR) is 70.3 cm³/mol. The van der Waals surface area contributed by atoms with Gasteiger partial charge in [0.15, 0.2) is 0 Å². The van der Waals surface area contributed by atoms with Crippen LogP contribution in [0.25, 0.3) is 10.9 Å². The molecule has 3 rings (SSSR count). The van der Waals surface area contributed by atoms with Gasteiger partial charge in [0.05, 0.1) is 11.1 Å². The molecular weight excluding hydrogens is 225 g/mol. The van der Waals surface area contributed by atoms with Crippen LogP contribution < -0.4 is 5.32 Å². The van der Waals surface area contributed by atoms with Gasteiger partial charge in [-0.05, 0) is 18.9 Å². The van der Waals surface area contributed by atoms with Crippen LogP contribution in [0.1, 0.15) is 23.2 Å². The number of hydrogen-bond donors (Lipinski definition) is 2. The van der Waals surface area contributed by atoms with Crippen LogP contribution in [0.2, 0.25) is 0 Å². The second-order valence-electron chi connectivity index (χ2n) is 4.21. The van der Waals surface area contributed by atoms with Gasteiger partial charge in [0.2, 0.25) is 0 Å². The summed E-state index contributed by atoms with van der Waals surface area (Å²) in [5.41, 5.74) is 0.940. The van der Waals surface area contributed by atoms with Crippen molar-refractivity contribution in [2.24, 2.45) is 0 Å². The number of anilines is 1. The molecule has 1 saturated carbocycles. The third-order valence-electron chi connectivity index (χ3n) is 2.74. The van der Waals surface area contributed by atoms with Crippen LogP contribution in [-0.4, -0.2) is 45.9 Å². The SMILES string of the molecule is O=C(O)c1cnc2cc(NC3CC3)ncc2c1.[LiH]. The number of nitrogens with one attached hydrogen (secondary N) is 1. The van der Waals surface area contributed by atoms with Crippen molar-refractivity contribution in [3.05, 3.63) is 30.1 Å². The Morgan fingerprint density at radius 1 is 1.28 bits per heavy atom. The van der Waals surface area contributed by atoms with Crippen molar-refractivity contribution in [2.75, 3.05) is 5.32 Å². The second-order valence-corrected chi connectivity index (χ2v) is 4.21. The van der Waals surface area contributed by atoms with Crippen LogP contribution >= 0.6 is 0 Å². The van der Waals surface area contributed by atoms with E-state index < -0.39 is 5.97 Å². The van der Waals surface area contributed by atoms with E-state index in [-0.39, 0.29) is 24.4 Å². The third kappa shape index (κ3) is 2.63. The zero-order chi connectivity index (χ0) is 11.8. The first-order valence-electron chi connectivity index (χ1n) is 5.48. The van der Waals surface area contributed by atoms with Crippen LogP contribution in [-0.2, 0) is 0 Å². The van der Waals surface area contributed by atoms with Crippen molar-refractivity contribution in [1.82, 2.24) is 9.97 Å². The average Bonchev–Trinajstić information content (AvgIpc) is 3.12. The molecule has 2 N–H and O–H groups in total. The van der Waals surface area contributed by atoms with E-state index in [1.807, 2.05) is 6.07 Å². The molecule has 0 aromatic carbocycles. The van der Waals surface area contributed by atoms with Gasteiger partial charge >= 0.3 is 24.8 Å². The van der Waals surface area contributed by atoms with Gasteiger partial charge < -0.3 is 10.4 Å². The minimum atomic E-state index is -0.973. The van der Waals surface area contributed by atoms with E-state index >= 15 is 0 Å². The van der Waals surface area contributed by atoms with Crippen LogP contribution in [0.3, 0.4) is 0 Å². The molecule has 2 heterocycles. The van der Waals surface area contributed by atoms with Gasteiger partial charge in [-0.25, -0.2) is 9.78 Å². The second kappa shape index (κ2) is 4.97. The molecule has 6 heteroatoms. The van der Waals surface area contributed by atoms with Gasteiger partial charge in [-0.3, -0.25) is 4.98 Å². The molecule has 88 valence electrons. The molecule has 0 bridgehead atoms. The quantitative estimate of drug-likeness (QED) is 0.786. The maximum atomic E-state index is 10.8. The van der Waals surface area contributed by atoms with Gasteiger partial charge in [-0.2, -0.15) is 0 Å². The van der Waals surface area contributed by atoms with Gasteiger partial charge in [-0.1, -0.05) is 0 Å². The van der Waals surface area contributed by atoms with Gasteiger partial charge in [0.1, 0.15) is 5.82 Å². The van der Waals surface area contributed by atoms with E-state index in [9.17, 15) is 4.79 Å². The standard InChI is InChI=1S/C12H11N3O2.Li.H/c16-12(17)8-3-7-5-14-11(15-9-1-2-9)4-10(7)13-6-8;;/h3-6,9H,1-2H2,(H,14,15)(H,16,17);;. The molecule has 1 fully saturated rings. The molecule has 0 aliphatic heterocycles. The zero-order valence-electron chi connectivity index (χ0n) is 9.05. The molecule has 2 aromatic rings. The van der Waals surface area contributed by atoms with Crippen molar-refractivity contribution in [1.29, 1.82) is 0 Å². The van der Waals surface area contributed by atoms with E-state index in [1.54, 1.807) is 12.3 Å². The van der Waals surface area contributed by atoms with Crippen LogP contribution in [0.15, 0.2) is 24.5 Å². The Hall–Kier alpha value is -1.57. The maximum absolute atomic E-state index is 10.8. The summed E-state index contributed by atoms with van der Waals surface area (Å²) in [6, 6.07) is 3.97. The molecule has 0 spiro atoms. The molecule has 0 saturated heterocycles. The van der Waals surface area contributed by atoms with Crippen LogP contribution in [0, 0.1) is 0 Å². The number of carboxylic acids is 1. The topological polar surface area (TPSA) is 75.1 Å². The zero-order valence-corrected chi connectivity index (χ0v) is 9.05. The first kappa shape index (κ1) is 12.9. The molecule has 0 atom stereocenters. The monoisotopic (exact) mass is 237 g/mol. The minimum absolute atomic E-state index is 0. The van der Waals surface area contributed by atoms with E-state index in [4.69, 9.17) is 5.11 Å². The number of pyridine rings is 2. The summed E-state index contributed by atoms with van der Waals surface area (Å²) < 4.78 is 0. The van der Waals surface area contributed by atoms with E-state index in [1.165, 1.54) is 19.0 Å². The Bertz CT molecular complexity index is 599. The van der Waals surface area contributed by atoms with E-state index in [0.29, 0.717) is 6.04 Å². The van der Waals surface area contributed by atoms with Gasteiger partial charge in [-0.15, -0.1) is 0 Å². The summed E-state index contributed by atoms with van der Waals surface area (Å²) in [7, 11) is 0. The number of aromatic nitrogens is 2. The summed E-state index contributed by atoms with van der Waals surface area (Å²) in [5, 5.41) is 12.9. The molecule has 0 amide bonds. The summed E-state index contributed by atoms with van der Waals surface area (Å²) in [6.07, 6.45) is 5.39. The first-order valence-corrected chi connectivity index (χ1v) is 5.48. The van der Waals surface area contributed by atoms with E-state index in [0.717, 1.165) is 16.7 Å². The van der Waals surface area contributed by atoms with Crippen molar-refractivity contribution < 1.29 is 9.90 Å².